The number of nitrogens with zero attached hydrogens (tertiary/aromatic N) is 2. The van der Waals surface area contributed by atoms with Gasteiger partial charge in [-0.05, 0) is 38.8 Å². The zero-order chi connectivity index (χ0) is 14.4. The molecular formula is C15H24N2O2S. The Hall–Kier alpha value is -0.940. The Morgan fingerprint density at radius 1 is 1.50 bits per heavy atom. The van der Waals surface area contributed by atoms with Gasteiger partial charge in [-0.3, -0.25) is 9.69 Å². The van der Waals surface area contributed by atoms with Crippen LogP contribution < -0.4 is 0 Å². The molecule has 0 atom stereocenters. The third kappa shape index (κ3) is 4.28. The van der Waals surface area contributed by atoms with E-state index in [9.17, 15) is 4.79 Å². The summed E-state index contributed by atoms with van der Waals surface area (Å²) in [6.07, 6.45) is 5.35. The Labute approximate surface area is 125 Å². The number of aryl methyl sites for hydroxylation is 1. The summed E-state index contributed by atoms with van der Waals surface area (Å²) in [7, 11) is 1.47. The summed E-state index contributed by atoms with van der Waals surface area (Å²) in [5.41, 5.74) is 1.18. The number of piperidine rings is 1. The number of carbonyl (C=O) groups excluding carboxylic acids is 1. The highest BCUT2D eigenvalue weighted by Crippen LogP contribution is 2.21. The first kappa shape index (κ1) is 15.4. The highest BCUT2D eigenvalue weighted by molar-refractivity contribution is 7.09. The fourth-order valence-electron chi connectivity index (χ4n) is 2.59. The van der Waals surface area contributed by atoms with Crippen LogP contribution >= 0.6 is 11.3 Å². The van der Waals surface area contributed by atoms with E-state index in [1.165, 1.54) is 30.7 Å². The van der Waals surface area contributed by atoms with Crippen LogP contribution in [-0.4, -0.2) is 36.1 Å². The van der Waals surface area contributed by atoms with Crippen LogP contribution in [0.1, 0.15) is 43.3 Å². The van der Waals surface area contributed by atoms with Crippen LogP contribution in [0.5, 0.6) is 0 Å². The average Bonchev–Trinajstić information content (AvgIpc) is 2.92. The second-order valence-corrected chi connectivity index (χ2v) is 6.35. The largest absolute Gasteiger partial charge is 0.469 e. The van der Waals surface area contributed by atoms with Crippen molar-refractivity contribution in [3.8, 4) is 0 Å². The molecule has 2 heterocycles. The number of thiazole rings is 1. The Bertz CT molecular complexity index is 425. The Morgan fingerprint density at radius 2 is 2.25 bits per heavy atom. The van der Waals surface area contributed by atoms with Crippen molar-refractivity contribution in [3.63, 3.8) is 0 Å². The van der Waals surface area contributed by atoms with Gasteiger partial charge in [0.1, 0.15) is 0 Å². The summed E-state index contributed by atoms with van der Waals surface area (Å²) >= 11 is 1.78. The molecule has 0 spiro atoms. The smallest absolute Gasteiger partial charge is 0.308 e. The van der Waals surface area contributed by atoms with Gasteiger partial charge in [-0.15, -0.1) is 11.3 Å². The summed E-state index contributed by atoms with van der Waals surface area (Å²) in [4.78, 5) is 18.6. The van der Waals surface area contributed by atoms with Crippen LogP contribution in [-0.2, 0) is 22.5 Å². The molecule has 1 aliphatic heterocycles. The third-order valence-electron chi connectivity index (χ3n) is 3.85. The van der Waals surface area contributed by atoms with Crippen molar-refractivity contribution < 1.29 is 9.53 Å². The van der Waals surface area contributed by atoms with E-state index in [0.29, 0.717) is 0 Å². The van der Waals surface area contributed by atoms with Crippen LogP contribution in [0.25, 0.3) is 0 Å². The molecule has 4 nitrogen and oxygen atoms in total. The van der Waals surface area contributed by atoms with Gasteiger partial charge in [-0.2, -0.15) is 0 Å². The molecule has 0 amide bonds. The van der Waals surface area contributed by atoms with Crippen molar-refractivity contribution in [2.75, 3.05) is 20.2 Å². The Kier molecular flexibility index (Phi) is 5.98. The first-order valence-corrected chi connectivity index (χ1v) is 8.34. The minimum absolute atomic E-state index is 0.0554. The maximum Gasteiger partial charge on any atom is 0.308 e. The highest BCUT2D eigenvalue weighted by Gasteiger charge is 2.25. The molecule has 2 rings (SSSR count). The number of carbonyl (C=O) groups is 1. The predicted molar refractivity (Wildman–Crippen MR) is 80.7 cm³/mol. The number of methoxy groups -OCH3 is 1. The number of unbranched alkanes of at least 4 members (excludes halogenated alkanes) is 1. The summed E-state index contributed by atoms with van der Waals surface area (Å²) in [5.74, 6) is 0.0342. The van der Waals surface area contributed by atoms with Crippen molar-refractivity contribution in [1.82, 2.24) is 9.88 Å². The first-order valence-electron chi connectivity index (χ1n) is 7.46. The van der Waals surface area contributed by atoms with Gasteiger partial charge < -0.3 is 4.74 Å². The van der Waals surface area contributed by atoms with E-state index < -0.39 is 0 Å². The van der Waals surface area contributed by atoms with Gasteiger partial charge in [0, 0.05) is 11.9 Å². The van der Waals surface area contributed by atoms with Crippen molar-refractivity contribution in [2.45, 2.75) is 45.6 Å². The lowest BCUT2D eigenvalue weighted by Crippen LogP contribution is -2.36. The summed E-state index contributed by atoms with van der Waals surface area (Å²) < 4.78 is 4.82. The third-order valence-corrected chi connectivity index (χ3v) is 4.81. The zero-order valence-corrected chi connectivity index (χ0v) is 13.2. The first-order chi connectivity index (χ1) is 9.72. The van der Waals surface area contributed by atoms with Gasteiger partial charge in [-0.25, -0.2) is 4.98 Å². The van der Waals surface area contributed by atoms with Gasteiger partial charge in [0.25, 0.3) is 0 Å². The quantitative estimate of drug-likeness (QED) is 0.757. The molecular weight excluding hydrogens is 272 g/mol. The minimum Gasteiger partial charge on any atom is -0.469 e. The van der Waals surface area contributed by atoms with Crippen LogP contribution in [0.2, 0.25) is 0 Å². The maximum atomic E-state index is 11.5. The van der Waals surface area contributed by atoms with Gasteiger partial charge in [0.05, 0.1) is 23.7 Å². The molecule has 0 unspecified atom stereocenters. The Balaban J connectivity index is 1.77. The van der Waals surface area contributed by atoms with Crippen molar-refractivity contribution in [1.29, 1.82) is 0 Å². The molecule has 1 aromatic heterocycles. The van der Waals surface area contributed by atoms with Gasteiger partial charge in [0.15, 0.2) is 0 Å². The van der Waals surface area contributed by atoms with E-state index in [1.807, 2.05) is 0 Å². The Morgan fingerprint density at radius 3 is 2.90 bits per heavy atom. The highest BCUT2D eigenvalue weighted by atomic mass is 32.1. The zero-order valence-electron chi connectivity index (χ0n) is 12.4. The van der Waals surface area contributed by atoms with Crippen LogP contribution in [0.3, 0.4) is 0 Å². The molecule has 1 aliphatic rings. The van der Waals surface area contributed by atoms with Gasteiger partial charge in [0.2, 0.25) is 0 Å². The lowest BCUT2D eigenvalue weighted by atomic mass is 9.97. The topological polar surface area (TPSA) is 42.4 Å². The monoisotopic (exact) mass is 296 g/mol. The van der Waals surface area contributed by atoms with Crippen molar-refractivity contribution in [2.24, 2.45) is 5.92 Å². The molecule has 5 heteroatoms. The second-order valence-electron chi connectivity index (χ2n) is 5.41. The molecule has 0 bridgehead atoms. The number of likely N-dealkylation sites (tertiary alicyclic amines) is 1. The number of hydrogen-bond donors (Lipinski definition) is 0. The minimum atomic E-state index is -0.0554. The second kappa shape index (κ2) is 7.74. The lowest BCUT2D eigenvalue weighted by Gasteiger charge is -2.29. The summed E-state index contributed by atoms with van der Waals surface area (Å²) in [5, 5.41) is 3.43. The van der Waals surface area contributed by atoms with Crippen LogP contribution in [0, 0.1) is 5.92 Å². The normalized spacial score (nSPS) is 17.3. The van der Waals surface area contributed by atoms with E-state index >= 15 is 0 Å². The number of rotatable bonds is 6. The molecule has 20 heavy (non-hydrogen) atoms. The number of esters is 1. The fraction of sp³-hybridized carbons (Fsp3) is 0.733. The van der Waals surface area contributed by atoms with E-state index in [2.05, 4.69) is 17.2 Å². The number of aromatic nitrogens is 1. The molecule has 0 saturated carbocycles. The van der Waals surface area contributed by atoms with Crippen LogP contribution in [0.4, 0.5) is 0 Å². The molecule has 1 fully saturated rings. The molecule has 1 aromatic rings. The van der Waals surface area contributed by atoms with E-state index in [4.69, 9.17) is 9.72 Å². The average molecular weight is 296 g/mol. The van der Waals surface area contributed by atoms with Crippen LogP contribution in [0.15, 0.2) is 5.38 Å². The van der Waals surface area contributed by atoms with Crippen molar-refractivity contribution >= 4 is 17.3 Å². The van der Waals surface area contributed by atoms with E-state index in [0.717, 1.165) is 38.9 Å². The number of ether oxygens (including phenoxy) is 1. The standard InChI is InChI=1S/C15H24N2O2S/c1-3-4-5-14-16-13(11-20-14)10-17-8-6-12(7-9-17)15(18)19-2/h11-12H,3-10H2,1-2H3. The van der Waals surface area contributed by atoms with E-state index in [1.54, 1.807) is 11.3 Å². The lowest BCUT2D eigenvalue weighted by molar-refractivity contribution is -0.147. The molecule has 1 saturated heterocycles. The molecule has 0 aromatic carbocycles. The summed E-state index contributed by atoms with van der Waals surface area (Å²) in [6, 6.07) is 0. The van der Waals surface area contributed by atoms with Crippen molar-refractivity contribution in [3.05, 3.63) is 16.1 Å². The number of hydrogen-bond acceptors (Lipinski definition) is 5. The summed E-state index contributed by atoms with van der Waals surface area (Å²) in [6.45, 7) is 5.04. The predicted octanol–water partition coefficient (Wildman–Crippen LogP) is 2.87. The fourth-order valence-corrected chi connectivity index (χ4v) is 3.42. The maximum absolute atomic E-state index is 11.5. The SMILES string of the molecule is CCCCc1nc(CN2CCC(C(=O)OC)CC2)cs1. The van der Waals surface area contributed by atoms with Gasteiger partial charge in [-0.1, -0.05) is 13.3 Å². The molecule has 112 valence electrons. The van der Waals surface area contributed by atoms with E-state index in [-0.39, 0.29) is 11.9 Å². The molecule has 0 radical (unpaired) electrons. The molecule has 0 N–H and O–H groups in total. The van der Waals surface area contributed by atoms with Gasteiger partial charge >= 0.3 is 5.97 Å². The molecule has 0 aliphatic carbocycles.